The average Bonchev–Trinajstić information content (AvgIpc) is 2.64. The molecule has 1 atom stereocenters. The zero-order valence-corrected chi connectivity index (χ0v) is 14.8. The van der Waals surface area contributed by atoms with Crippen LogP contribution in [0.3, 0.4) is 0 Å². The topological polar surface area (TPSA) is 105 Å². The number of aliphatic carboxylic acids is 1. The zero-order chi connectivity index (χ0) is 19.4. The Kier molecular flexibility index (Phi) is 5.40. The first-order valence-corrected chi connectivity index (χ1v) is 8.55. The highest BCUT2D eigenvalue weighted by atomic mass is 16.5. The number of hydrogen-bond donors (Lipinski definition) is 3. The molecule has 7 nitrogen and oxygen atoms in total. The van der Waals surface area contributed by atoms with Crippen LogP contribution in [-0.4, -0.2) is 36.0 Å². The van der Waals surface area contributed by atoms with Gasteiger partial charge in [0, 0.05) is 12.1 Å². The lowest BCUT2D eigenvalue weighted by atomic mass is 9.98. The minimum Gasteiger partial charge on any atom is -0.482 e. The monoisotopic (exact) mass is 368 g/mol. The van der Waals surface area contributed by atoms with Gasteiger partial charge in [0.15, 0.2) is 6.61 Å². The third kappa shape index (κ3) is 4.63. The summed E-state index contributed by atoms with van der Waals surface area (Å²) in [6.07, 6.45) is 0.330. The molecule has 0 spiro atoms. The van der Waals surface area contributed by atoms with E-state index in [0.29, 0.717) is 23.4 Å². The molecule has 140 valence electrons. The summed E-state index contributed by atoms with van der Waals surface area (Å²) in [5, 5.41) is 14.8. The summed E-state index contributed by atoms with van der Waals surface area (Å²) in [5.74, 6) is -1.93. The van der Waals surface area contributed by atoms with Gasteiger partial charge in [-0.1, -0.05) is 29.8 Å². The van der Waals surface area contributed by atoms with E-state index in [-0.39, 0.29) is 19.1 Å². The predicted octanol–water partition coefficient (Wildman–Crippen LogP) is 2.00. The Morgan fingerprint density at radius 3 is 2.81 bits per heavy atom. The summed E-state index contributed by atoms with van der Waals surface area (Å²) in [6, 6.07) is 12.3. The van der Waals surface area contributed by atoms with Crippen LogP contribution in [0.5, 0.6) is 5.75 Å². The summed E-state index contributed by atoms with van der Waals surface area (Å²) in [4.78, 5) is 35.2. The SMILES string of the molecule is Cc1cccc(CC(CNC(=O)c2ccc3c(c2)OCC(=O)N3)C(=O)O)c1. The van der Waals surface area contributed by atoms with Crippen LogP contribution in [0.2, 0.25) is 0 Å². The molecule has 0 radical (unpaired) electrons. The number of aryl methyl sites for hydroxylation is 1. The van der Waals surface area contributed by atoms with Crippen molar-refractivity contribution in [2.75, 3.05) is 18.5 Å². The molecular formula is C20H20N2O5. The quantitative estimate of drug-likeness (QED) is 0.723. The van der Waals surface area contributed by atoms with Gasteiger partial charge in [0.25, 0.3) is 11.8 Å². The second kappa shape index (κ2) is 7.90. The van der Waals surface area contributed by atoms with Gasteiger partial charge in [0.05, 0.1) is 11.6 Å². The summed E-state index contributed by atoms with van der Waals surface area (Å²) in [5.41, 5.74) is 2.81. The second-order valence-corrected chi connectivity index (χ2v) is 6.49. The molecule has 1 unspecified atom stereocenters. The maximum absolute atomic E-state index is 12.4. The maximum Gasteiger partial charge on any atom is 0.308 e. The Hall–Kier alpha value is -3.35. The highest BCUT2D eigenvalue weighted by Gasteiger charge is 2.21. The van der Waals surface area contributed by atoms with E-state index in [1.165, 1.54) is 6.07 Å². The van der Waals surface area contributed by atoms with Crippen LogP contribution in [0.1, 0.15) is 21.5 Å². The Bertz CT molecular complexity index is 894. The van der Waals surface area contributed by atoms with Gasteiger partial charge in [-0.25, -0.2) is 0 Å². The fourth-order valence-corrected chi connectivity index (χ4v) is 2.90. The lowest BCUT2D eigenvalue weighted by Gasteiger charge is -2.18. The number of hydrogen-bond acceptors (Lipinski definition) is 4. The third-order valence-electron chi connectivity index (χ3n) is 4.30. The molecule has 3 N–H and O–H groups in total. The van der Waals surface area contributed by atoms with Crippen LogP contribution in [0.4, 0.5) is 5.69 Å². The Balaban J connectivity index is 1.64. The van der Waals surface area contributed by atoms with Crippen molar-refractivity contribution < 1.29 is 24.2 Å². The molecule has 2 aromatic rings. The molecule has 7 heteroatoms. The minimum atomic E-state index is -0.965. The molecule has 1 aliphatic heterocycles. The fourth-order valence-electron chi connectivity index (χ4n) is 2.90. The molecule has 0 saturated heterocycles. The van der Waals surface area contributed by atoms with Crippen molar-refractivity contribution in [2.45, 2.75) is 13.3 Å². The van der Waals surface area contributed by atoms with E-state index in [1.54, 1.807) is 12.1 Å². The standard InChI is InChI=1S/C20H20N2O5/c1-12-3-2-4-13(7-12)8-15(20(25)26)10-21-19(24)14-5-6-16-17(9-14)27-11-18(23)22-16/h2-7,9,15H,8,10-11H2,1H3,(H,21,24)(H,22,23)(H,25,26). The first kappa shape index (κ1) is 18.4. The van der Waals surface area contributed by atoms with Gasteiger partial charge in [0.1, 0.15) is 5.75 Å². The number of amides is 2. The number of benzene rings is 2. The smallest absolute Gasteiger partial charge is 0.308 e. The van der Waals surface area contributed by atoms with Crippen LogP contribution in [-0.2, 0) is 16.0 Å². The van der Waals surface area contributed by atoms with Crippen LogP contribution in [0, 0.1) is 12.8 Å². The molecule has 1 heterocycles. The van der Waals surface area contributed by atoms with E-state index in [9.17, 15) is 19.5 Å². The van der Waals surface area contributed by atoms with E-state index in [4.69, 9.17) is 4.74 Å². The van der Waals surface area contributed by atoms with Gasteiger partial charge in [-0.15, -0.1) is 0 Å². The summed E-state index contributed by atoms with van der Waals surface area (Å²) in [6.45, 7) is 1.86. The number of rotatable bonds is 6. The van der Waals surface area contributed by atoms with Crippen molar-refractivity contribution in [1.29, 1.82) is 0 Å². The first-order chi connectivity index (χ1) is 12.9. The Morgan fingerprint density at radius 2 is 2.07 bits per heavy atom. The van der Waals surface area contributed by atoms with Gasteiger partial charge in [-0.05, 0) is 37.1 Å². The van der Waals surface area contributed by atoms with E-state index in [0.717, 1.165) is 11.1 Å². The first-order valence-electron chi connectivity index (χ1n) is 8.55. The lowest BCUT2D eigenvalue weighted by Crippen LogP contribution is -2.34. The van der Waals surface area contributed by atoms with E-state index in [2.05, 4.69) is 10.6 Å². The number of nitrogens with one attached hydrogen (secondary N) is 2. The molecule has 0 fully saturated rings. The van der Waals surface area contributed by atoms with Crippen molar-refractivity contribution in [3.8, 4) is 5.75 Å². The normalized spacial score (nSPS) is 13.7. The van der Waals surface area contributed by atoms with Crippen LogP contribution >= 0.6 is 0 Å². The number of carboxylic acids is 1. The van der Waals surface area contributed by atoms with Crippen LogP contribution < -0.4 is 15.4 Å². The minimum absolute atomic E-state index is 0.0107. The molecule has 0 aromatic heterocycles. The van der Waals surface area contributed by atoms with Crippen LogP contribution in [0.25, 0.3) is 0 Å². The lowest BCUT2D eigenvalue weighted by molar-refractivity contribution is -0.141. The summed E-state index contributed by atoms with van der Waals surface area (Å²) in [7, 11) is 0. The van der Waals surface area contributed by atoms with Crippen molar-refractivity contribution in [2.24, 2.45) is 5.92 Å². The number of ether oxygens (including phenoxy) is 1. The Labute approximate surface area is 156 Å². The van der Waals surface area contributed by atoms with E-state index >= 15 is 0 Å². The maximum atomic E-state index is 12.4. The third-order valence-corrected chi connectivity index (χ3v) is 4.30. The molecular weight excluding hydrogens is 348 g/mol. The highest BCUT2D eigenvalue weighted by molar-refractivity contribution is 5.99. The van der Waals surface area contributed by atoms with E-state index in [1.807, 2.05) is 31.2 Å². The van der Waals surface area contributed by atoms with Gasteiger partial charge in [-0.3, -0.25) is 14.4 Å². The highest BCUT2D eigenvalue weighted by Crippen LogP contribution is 2.28. The number of fused-ring (bicyclic) bond motifs is 1. The van der Waals surface area contributed by atoms with Crippen molar-refractivity contribution in [3.63, 3.8) is 0 Å². The second-order valence-electron chi connectivity index (χ2n) is 6.49. The summed E-state index contributed by atoms with van der Waals surface area (Å²) < 4.78 is 5.29. The van der Waals surface area contributed by atoms with Crippen molar-refractivity contribution in [1.82, 2.24) is 5.32 Å². The van der Waals surface area contributed by atoms with Gasteiger partial charge < -0.3 is 20.5 Å². The molecule has 27 heavy (non-hydrogen) atoms. The molecule has 1 aliphatic rings. The predicted molar refractivity (Wildman–Crippen MR) is 98.9 cm³/mol. The number of carbonyl (C=O) groups is 3. The molecule has 2 amide bonds. The van der Waals surface area contributed by atoms with Crippen LogP contribution in [0.15, 0.2) is 42.5 Å². The fraction of sp³-hybridized carbons (Fsp3) is 0.250. The molecule has 0 aliphatic carbocycles. The zero-order valence-electron chi connectivity index (χ0n) is 14.8. The number of carboxylic acid groups (broad SMARTS) is 1. The molecule has 0 bridgehead atoms. The summed E-state index contributed by atoms with van der Waals surface area (Å²) >= 11 is 0. The molecule has 3 rings (SSSR count). The van der Waals surface area contributed by atoms with Gasteiger partial charge >= 0.3 is 5.97 Å². The molecule has 0 saturated carbocycles. The Morgan fingerprint density at radius 1 is 1.26 bits per heavy atom. The molecule has 2 aromatic carbocycles. The number of carbonyl (C=O) groups excluding carboxylic acids is 2. The van der Waals surface area contributed by atoms with Crippen molar-refractivity contribution in [3.05, 3.63) is 59.2 Å². The largest absolute Gasteiger partial charge is 0.482 e. The van der Waals surface area contributed by atoms with E-state index < -0.39 is 17.8 Å². The number of anilines is 1. The van der Waals surface area contributed by atoms with Gasteiger partial charge in [0.2, 0.25) is 0 Å². The van der Waals surface area contributed by atoms with Crippen molar-refractivity contribution >= 4 is 23.5 Å². The van der Waals surface area contributed by atoms with Gasteiger partial charge in [-0.2, -0.15) is 0 Å². The average molecular weight is 368 g/mol.